The summed E-state index contributed by atoms with van der Waals surface area (Å²) in [7, 11) is 0. The molecule has 0 fully saturated rings. The SMILES string of the molecule is NCC([O])c1ccccc1. The Kier molecular flexibility index (Phi) is 2.42. The highest BCUT2D eigenvalue weighted by Gasteiger charge is 2.03. The van der Waals surface area contributed by atoms with E-state index < -0.39 is 6.10 Å². The zero-order valence-corrected chi connectivity index (χ0v) is 5.66. The van der Waals surface area contributed by atoms with Crippen molar-refractivity contribution in [1.29, 1.82) is 0 Å². The van der Waals surface area contributed by atoms with Crippen molar-refractivity contribution in [2.75, 3.05) is 6.54 Å². The Morgan fingerprint density at radius 3 is 2.40 bits per heavy atom. The lowest BCUT2D eigenvalue weighted by molar-refractivity contribution is 0.0967. The topological polar surface area (TPSA) is 45.9 Å². The molecule has 1 radical (unpaired) electrons. The van der Waals surface area contributed by atoms with Crippen LogP contribution in [0.15, 0.2) is 30.3 Å². The highest BCUT2D eigenvalue weighted by Crippen LogP contribution is 2.09. The molecule has 0 aromatic heterocycles. The second-order valence-electron chi connectivity index (χ2n) is 2.14. The Hall–Kier alpha value is -0.860. The maximum Gasteiger partial charge on any atom is 0.130 e. The van der Waals surface area contributed by atoms with Crippen LogP contribution in [0.4, 0.5) is 0 Å². The van der Waals surface area contributed by atoms with Crippen LogP contribution in [0.25, 0.3) is 0 Å². The lowest BCUT2D eigenvalue weighted by Gasteiger charge is -2.02. The van der Waals surface area contributed by atoms with E-state index in [1.807, 2.05) is 18.2 Å². The minimum Gasteiger partial charge on any atom is -0.328 e. The fraction of sp³-hybridized carbons (Fsp3) is 0.250. The number of hydrogen-bond donors (Lipinski definition) is 1. The molecule has 1 rings (SSSR count). The van der Waals surface area contributed by atoms with Gasteiger partial charge in [-0.15, -0.1) is 0 Å². The summed E-state index contributed by atoms with van der Waals surface area (Å²) in [5, 5.41) is 11.0. The number of benzene rings is 1. The predicted molar refractivity (Wildman–Crippen MR) is 38.9 cm³/mol. The third-order valence-electron chi connectivity index (χ3n) is 1.39. The van der Waals surface area contributed by atoms with E-state index in [-0.39, 0.29) is 6.54 Å². The molecule has 10 heavy (non-hydrogen) atoms. The summed E-state index contributed by atoms with van der Waals surface area (Å²) in [4.78, 5) is 0. The Morgan fingerprint density at radius 2 is 1.90 bits per heavy atom. The summed E-state index contributed by atoms with van der Waals surface area (Å²) in [6.45, 7) is 0.171. The van der Waals surface area contributed by atoms with Gasteiger partial charge in [0.25, 0.3) is 0 Å². The van der Waals surface area contributed by atoms with E-state index in [1.54, 1.807) is 12.1 Å². The molecular weight excluding hydrogens is 126 g/mol. The highest BCUT2D eigenvalue weighted by atomic mass is 16.3. The van der Waals surface area contributed by atoms with Crippen LogP contribution in [-0.4, -0.2) is 6.54 Å². The van der Waals surface area contributed by atoms with E-state index in [0.29, 0.717) is 0 Å². The van der Waals surface area contributed by atoms with Gasteiger partial charge in [0.15, 0.2) is 0 Å². The monoisotopic (exact) mass is 136 g/mol. The minimum atomic E-state index is -0.763. The quantitative estimate of drug-likeness (QED) is 0.650. The molecule has 1 unspecified atom stereocenters. The number of hydrogen-bond acceptors (Lipinski definition) is 1. The first-order valence-corrected chi connectivity index (χ1v) is 3.25. The van der Waals surface area contributed by atoms with Gasteiger partial charge in [0.1, 0.15) is 6.10 Å². The van der Waals surface area contributed by atoms with Crippen molar-refractivity contribution in [2.24, 2.45) is 5.73 Å². The van der Waals surface area contributed by atoms with E-state index in [4.69, 9.17) is 5.73 Å². The Labute approximate surface area is 60.3 Å². The van der Waals surface area contributed by atoms with Gasteiger partial charge in [-0.2, -0.15) is 0 Å². The fourth-order valence-electron chi connectivity index (χ4n) is 0.804. The van der Waals surface area contributed by atoms with Crippen LogP contribution in [0, 0.1) is 0 Å². The van der Waals surface area contributed by atoms with Crippen molar-refractivity contribution in [3.8, 4) is 0 Å². The standard InChI is InChI=1S/C8H10NO/c9-6-8(10)7-4-2-1-3-5-7/h1-5,8H,6,9H2. The Morgan fingerprint density at radius 1 is 1.30 bits per heavy atom. The maximum atomic E-state index is 11.0. The van der Waals surface area contributed by atoms with Crippen LogP contribution in [0.5, 0.6) is 0 Å². The van der Waals surface area contributed by atoms with Crippen molar-refractivity contribution in [3.63, 3.8) is 0 Å². The van der Waals surface area contributed by atoms with Crippen LogP contribution in [0.1, 0.15) is 11.7 Å². The van der Waals surface area contributed by atoms with Crippen molar-refractivity contribution in [1.82, 2.24) is 0 Å². The lowest BCUT2D eigenvalue weighted by Crippen LogP contribution is -2.09. The van der Waals surface area contributed by atoms with Crippen LogP contribution in [0.3, 0.4) is 0 Å². The second kappa shape index (κ2) is 3.34. The number of nitrogens with two attached hydrogens (primary N) is 1. The molecule has 2 nitrogen and oxygen atoms in total. The normalized spacial score (nSPS) is 13.0. The molecule has 0 saturated heterocycles. The van der Waals surface area contributed by atoms with Crippen LogP contribution < -0.4 is 5.73 Å². The molecule has 0 aliphatic carbocycles. The first-order chi connectivity index (χ1) is 4.84. The van der Waals surface area contributed by atoms with E-state index in [2.05, 4.69) is 0 Å². The van der Waals surface area contributed by atoms with Gasteiger partial charge in [-0.25, -0.2) is 5.11 Å². The molecule has 1 aromatic rings. The van der Waals surface area contributed by atoms with E-state index in [1.165, 1.54) is 0 Å². The van der Waals surface area contributed by atoms with Gasteiger partial charge < -0.3 is 5.73 Å². The van der Waals surface area contributed by atoms with Gasteiger partial charge >= 0.3 is 0 Å². The maximum absolute atomic E-state index is 11.0. The molecule has 0 bridgehead atoms. The van der Waals surface area contributed by atoms with Gasteiger partial charge in [-0.1, -0.05) is 30.3 Å². The molecule has 0 saturated carbocycles. The lowest BCUT2D eigenvalue weighted by atomic mass is 10.1. The molecule has 0 spiro atoms. The minimum absolute atomic E-state index is 0.171. The van der Waals surface area contributed by atoms with Crippen molar-refractivity contribution < 1.29 is 5.11 Å². The number of rotatable bonds is 2. The van der Waals surface area contributed by atoms with Crippen LogP contribution >= 0.6 is 0 Å². The average molecular weight is 136 g/mol. The molecular formula is C8H10NO. The summed E-state index contributed by atoms with van der Waals surface area (Å²) in [6, 6.07) is 9.16. The zero-order chi connectivity index (χ0) is 7.40. The largest absolute Gasteiger partial charge is 0.328 e. The molecule has 0 aliphatic heterocycles. The van der Waals surface area contributed by atoms with Crippen molar-refractivity contribution >= 4 is 0 Å². The third kappa shape index (κ3) is 1.56. The first kappa shape index (κ1) is 7.25. The summed E-state index contributed by atoms with van der Waals surface area (Å²) in [5.41, 5.74) is 5.96. The van der Waals surface area contributed by atoms with E-state index >= 15 is 0 Å². The Balaban J connectivity index is 2.75. The molecule has 1 atom stereocenters. The molecule has 1 aromatic carbocycles. The molecule has 53 valence electrons. The highest BCUT2D eigenvalue weighted by molar-refractivity contribution is 5.17. The van der Waals surface area contributed by atoms with Crippen molar-refractivity contribution in [2.45, 2.75) is 6.10 Å². The van der Waals surface area contributed by atoms with Gasteiger partial charge in [0, 0.05) is 6.54 Å². The van der Waals surface area contributed by atoms with E-state index in [9.17, 15) is 5.11 Å². The van der Waals surface area contributed by atoms with Crippen molar-refractivity contribution in [3.05, 3.63) is 35.9 Å². The summed E-state index contributed by atoms with van der Waals surface area (Å²) in [5.74, 6) is 0. The smallest absolute Gasteiger partial charge is 0.130 e. The third-order valence-corrected chi connectivity index (χ3v) is 1.39. The van der Waals surface area contributed by atoms with Gasteiger partial charge in [-0.3, -0.25) is 0 Å². The summed E-state index contributed by atoms with van der Waals surface area (Å²) < 4.78 is 0. The molecule has 0 aliphatic rings. The molecule has 2 N–H and O–H groups in total. The molecule has 0 heterocycles. The summed E-state index contributed by atoms with van der Waals surface area (Å²) >= 11 is 0. The van der Waals surface area contributed by atoms with Gasteiger partial charge in [-0.05, 0) is 5.56 Å². The van der Waals surface area contributed by atoms with Crippen LogP contribution in [-0.2, 0) is 5.11 Å². The summed E-state index contributed by atoms with van der Waals surface area (Å²) in [6.07, 6.45) is -0.763. The second-order valence-corrected chi connectivity index (χ2v) is 2.14. The van der Waals surface area contributed by atoms with Gasteiger partial charge in [0.2, 0.25) is 0 Å². The molecule has 0 amide bonds. The van der Waals surface area contributed by atoms with Gasteiger partial charge in [0.05, 0.1) is 0 Å². The molecule has 2 heteroatoms. The first-order valence-electron chi connectivity index (χ1n) is 3.25. The average Bonchev–Trinajstić information content (AvgIpc) is 2.05. The fourth-order valence-corrected chi connectivity index (χ4v) is 0.804. The van der Waals surface area contributed by atoms with Crippen LogP contribution in [0.2, 0.25) is 0 Å². The predicted octanol–water partition coefficient (Wildman–Crippen LogP) is 1.12. The van der Waals surface area contributed by atoms with E-state index in [0.717, 1.165) is 5.56 Å². The zero-order valence-electron chi connectivity index (χ0n) is 5.66. The Bertz CT molecular complexity index is 186.